The van der Waals surface area contributed by atoms with Crippen molar-refractivity contribution in [2.24, 2.45) is 0 Å². The zero-order chi connectivity index (χ0) is 7.56. The van der Waals surface area contributed by atoms with Crippen LogP contribution in [-0.2, 0) is 9.53 Å². The molecule has 0 aromatic heterocycles. The molecule has 0 aliphatic heterocycles. The van der Waals surface area contributed by atoms with Gasteiger partial charge in [-0.3, -0.25) is 4.79 Å². The molecule has 1 saturated carbocycles. The fraction of sp³-hybridized carbons (Fsp3) is 0.857. The molecule has 1 N–H and O–H groups in total. The van der Waals surface area contributed by atoms with Gasteiger partial charge in [0.1, 0.15) is 5.78 Å². The fourth-order valence-electron chi connectivity index (χ4n) is 1.25. The Balaban J connectivity index is 2.42. The molecule has 0 aromatic carbocycles. The molecule has 1 fully saturated rings. The third-order valence-electron chi connectivity index (χ3n) is 1.79. The van der Waals surface area contributed by atoms with E-state index in [1.165, 1.54) is 0 Å². The second-order valence-electron chi connectivity index (χ2n) is 2.69. The summed E-state index contributed by atoms with van der Waals surface area (Å²) in [4.78, 5) is 10.8. The quantitative estimate of drug-likeness (QED) is 0.568. The number of rotatable bonds is 1. The van der Waals surface area contributed by atoms with Crippen molar-refractivity contribution in [1.29, 1.82) is 0 Å². The highest BCUT2D eigenvalue weighted by atomic mass is 16.5. The number of carbonyl (C=O) groups is 1. The standard InChI is InChI=1S/C7H12O3/c1-10-7-3-5(8)2-6(9)4-7/h5,7-8H,2-4H2,1H3/t5?,7-/m0/s1. The van der Waals surface area contributed by atoms with Gasteiger partial charge < -0.3 is 9.84 Å². The lowest BCUT2D eigenvalue weighted by molar-refractivity contribution is -0.127. The minimum atomic E-state index is -0.480. The van der Waals surface area contributed by atoms with Crippen molar-refractivity contribution in [2.45, 2.75) is 31.5 Å². The Morgan fingerprint density at radius 3 is 2.80 bits per heavy atom. The summed E-state index contributed by atoms with van der Waals surface area (Å²) in [5.74, 6) is 0.102. The molecule has 2 atom stereocenters. The minimum absolute atomic E-state index is 0.0590. The minimum Gasteiger partial charge on any atom is -0.393 e. The number of ketones is 1. The molecule has 1 aliphatic carbocycles. The summed E-state index contributed by atoms with van der Waals surface area (Å²) < 4.78 is 4.95. The lowest BCUT2D eigenvalue weighted by atomic mass is 9.94. The van der Waals surface area contributed by atoms with Crippen LogP contribution in [0.25, 0.3) is 0 Å². The first-order valence-electron chi connectivity index (χ1n) is 3.45. The van der Waals surface area contributed by atoms with Crippen LogP contribution >= 0.6 is 0 Å². The van der Waals surface area contributed by atoms with Crippen LogP contribution in [-0.4, -0.2) is 30.2 Å². The van der Waals surface area contributed by atoms with E-state index in [1.807, 2.05) is 0 Å². The lowest BCUT2D eigenvalue weighted by Gasteiger charge is -2.23. The Bertz CT molecular complexity index is 133. The van der Waals surface area contributed by atoms with Crippen molar-refractivity contribution in [1.82, 2.24) is 0 Å². The Kier molecular flexibility index (Phi) is 2.40. The van der Waals surface area contributed by atoms with E-state index in [0.29, 0.717) is 19.3 Å². The predicted molar refractivity (Wildman–Crippen MR) is 35.7 cm³/mol. The Morgan fingerprint density at radius 1 is 1.60 bits per heavy atom. The zero-order valence-corrected chi connectivity index (χ0v) is 6.04. The molecule has 0 radical (unpaired) electrons. The SMILES string of the molecule is CO[C@@H]1CC(=O)CC(O)C1. The van der Waals surface area contributed by atoms with Crippen molar-refractivity contribution in [3.63, 3.8) is 0 Å². The summed E-state index contributed by atoms with van der Waals surface area (Å²) in [5.41, 5.74) is 0. The first-order valence-corrected chi connectivity index (χ1v) is 3.45. The number of hydrogen-bond acceptors (Lipinski definition) is 3. The van der Waals surface area contributed by atoms with Gasteiger partial charge in [-0.15, -0.1) is 0 Å². The van der Waals surface area contributed by atoms with Crippen molar-refractivity contribution >= 4 is 5.78 Å². The lowest BCUT2D eigenvalue weighted by Crippen LogP contribution is -2.30. The molecule has 0 amide bonds. The molecule has 10 heavy (non-hydrogen) atoms. The van der Waals surface area contributed by atoms with Crippen molar-refractivity contribution in [2.75, 3.05) is 7.11 Å². The van der Waals surface area contributed by atoms with E-state index in [0.717, 1.165) is 0 Å². The molecule has 0 spiro atoms. The number of hydrogen-bond donors (Lipinski definition) is 1. The van der Waals surface area contributed by atoms with Gasteiger partial charge in [-0.2, -0.15) is 0 Å². The largest absolute Gasteiger partial charge is 0.393 e. The molecule has 3 heteroatoms. The zero-order valence-electron chi connectivity index (χ0n) is 6.04. The normalized spacial score (nSPS) is 34.4. The summed E-state index contributed by atoms with van der Waals surface area (Å²) in [6, 6.07) is 0. The van der Waals surface area contributed by atoms with Crippen LogP contribution in [0.4, 0.5) is 0 Å². The van der Waals surface area contributed by atoms with E-state index in [1.54, 1.807) is 7.11 Å². The number of Topliss-reactive ketones (excluding diaryl/α,β-unsaturated/α-hetero) is 1. The van der Waals surface area contributed by atoms with Crippen LogP contribution in [0.3, 0.4) is 0 Å². The molecule has 1 aliphatic rings. The highest BCUT2D eigenvalue weighted by molar-refractivity contribution is 5.80. The fourth-order valence-corrected chi connectivity index (χ4v) is 1.25. The highest BCUT2D eigenvalue weighted by Crippen LogP contribution is 2.17. The maximum Gasteiger partial charge on any atom is 0.138 e. The van der Waals surface area contributed by atoms with Crippen molar-refractivity contribution < 1.29 is 14.6 Å². The van der Waals surface area contributed by atoms with Crippen LogP contribution < -0.4 is 0 Å². The number of aliphatic hydroxyl groups excluding tert-OH is 1. The Labute approximate surface area is 60.0 Å². The maximum absolute atomic E-state index is 10.8. The third-order valence-corrected chi connectivity index (χ3v) is 1.79. The van der Waals surface area contributed by atoms with Crippen molar-refractivity contribution in [3.8, 4) is 0 Å². The average Bonchev–Trinajstić information content (AvgIpc) is 1.85. The van der Waals surface area contributed by atoms with Gasteiger partial charge >= 0.3 is 0 Å². The van der Waals surface area contributed by atoms with Crippen LogP contribution in [0.1, 0.15) is 19.3 Å². The number of ether oxygens (including phenoxy) is 1. The summed E-state index contributed by atoms with van der Waals surface area (Å²) in [6.07, 6.45) is 0.831. The van der Waals surface area contributed by atoms with Gasteiger partial charge in [0.15, 0.2) is 0 Å². The van der Waals surface area contributed by atoms with Gasteiger partial charge in [0.05, 0.1) is 12.2 Å². The molecular weight excluding hydrogens is 132 g/mol. The molecule has 0 saturated heterocycles. The van der Waals surface area contributed by atoms with Gasteiger partial charge in [-0.1, -0.05) is 0 Å². The summed E-state index contributed by atoms with van der Waals surface area (Å²) in [6.45, 7) is 0. The second-order valence-corrected chi connectivity index (χ2v) is 2.69. The van der Waals surface area contributed by atoms with Gasteiger partial charge in [-0.05, 0) is 0 Å². The van der Waals surface area contributed by atoms with Crippen LogP contribution in [0.15, 0.2) is 0 Å². The molecule has 3 nitrogen and oxygen atoms in total. The van der Waals surface area contributed by atoms with Crippen LogP contribution in [0.5, 0.6) is 0 Å². The molecule has 0 heterocycles. The number of carbonyl (C=O) groups excluding carboxylic acids is 1. The van der Waals surface area contributed by atoms with E-state index in [4.69, 9.17) is 9.84 Å². The molecule has 0 aromatic rings. The van der Waals surface area contributed by atoms with Gasteiger partial charge in [0, 0.05) is 26.4 Å². The summed E-state index contributed by atoms with van der Waals surface area (Å²) in [7, 11) is 1.57. The third kappa shape index (κ3) is 1.78. The molecule has 58 valence electrons. The van der Waals surface area contributed by atoms with E-state index < -0.39 is 6.10 Å². The second kappa shape index (κ2) is 3.12. The van der Waals surface area contributed by atoms with Gasteiger partial charge in [0.2, 0.25) is 0 Å². The summed E-state index contributed by atoms with van der Waals surface area (Å²) >= 11 is 0. The Morgan fingerprint density at radius 2 is 2.30 bits per heavy atom. The molecule has 0 bridgehead atoms. The first kappa shape index (κ1) is 7.69. The average molecular weight is 144 g/mol. The van der Waals surface area contributed by atoms with E-state index >= 15 is 0 Å². The molecule has 1 unspecified atom stereocenters. The van der Waals surface area contributed by atoms with Crippen LogP contribution in [0, 0.1) is 0 Å². The van der Waals surface area contributed by atoms with E-state index in [-0.39, 0.29) is 11.9 Å². The summed E-state index contributed by atoms with van der Waals surface area (Å²) in [5, 5.41) is 9.08. The smallest absolute Gasteiger partial charge is 0.138 e. The predicted octanol–water partition coefficient (Wildman–Crippen LogP) is 0.115. The van der Waals surface area contributed by atoms with Crippen molar-refractivity contribution in [3.05, 3.63) is 0 Å². The van der Waals surface area contributed by atoms with E-state index in [9.17, 15) is 4.79 Å². The first-order chi connectivity index (χ1) is 4.72. The number of methoxy groups -OCH3 is 1. The van der Waals surface area contributed by atoms with Gasteiger partial charge in [-0.25, -0.2) is 0 Å². The maximum atomic E-state index is 10.8. The van der Waals surface area contributed by atoms with Gasteiger partial charge in [0.25, 0.3) is 0 Å². The molecule has 1 rings (SSSR count). The van der Waals surface area contributed by atoms with Crippen LogP contribution in [0.2, 0.25) is 0 Å². The number of aliphatic hydroxyl groups is 1. The highest BCUT2D eigenvalue weighted by Gasteiger charge is 2.25. The Hall–Kier alpha value is -0.410. The van der Waals surface area contributed by atoms with E-state index in [2.05, 4.69) is 0 Å². The monoisotopic (exact) mass is 144 g/mol. The molecular formula is C7H12O3. The topological polar surface area (TPSA) is 46.5 Å².